The van der Waals surface area contributed by atoms with Crippen LogP contribution in [0.2, 0.25) is 18.1 Å². The van der Waals surface area contributed by atoms with Crippen LogP contribution in [0, 0.1) is 0 Å². The highest BCUT2D eigenvalue weighted by Gasteiger charge is 2.39. The molecule has 0 saturated heterocycles. The average molecular weight is 351 g/mol. The van der Waals surface area contributed by atoms with Crippen LogP contribution in [0.3, 0.4) is 0 Å². The van der Waals surface area contributed by atoms with Crippen molar-refractivity contribution in [3.05, 3.63) is 42.1 Å². The molecule has 0 aromatic carbocycles. The molecule has 1 aromatic heterocycles. The lowest BCUT2D eigenvalue weighted by molar-refractivity contribution is 0.271. The van der Waals surface area contributed by atoms with Crippen molar-refractivity contribution in [2.45, 2.75) is 71.0 Å². The highest BCUT2D eigenvalue weighted by molar-refractivity contribution is 6.74. The second-order valence-corrected chi connectivity index (χ2v) is 12.7. The smallest absolute Gasteiger partial charge is 0.250 e. The Morgan fingerprint density at radius 3 is 2.58 bits per heavy atom. The highest BCUT2D eigenvalue weighted by Crippen LogP contribution is 2.39. The summed E-state index contributed by atoms with van der Waals surface area (Å²) in [5.41, 5.74) is 0. The number of aliphatic hydroxyl groups excluding tert-OH is 1. The summed E-state index contributed by atoms with van der Waals surface area (Å²) in [6, 6.07) is 3.97. The number of aliphatic hydroxyl groups is 1. The fourth-order valence-corrected chi connectivity index (χ4v) is 3.21. The largest absolute Gasteiger partial charge is 0.546 e. The Bertz CT molecular complexity index is 549. The molecule has 0 amide bonds. The van der Waals surface area contributed by atoms with Gasteiger partial charge in [-0.15, -0.1) is 6.58 Å². The standard InChI is InChI=1S/C20H34O3Si/c1-8-9-10-18(23-24(6,7)20(3,4)5)15-17-11-12-19(22-17)16(2)13-14-21/h8,11-12,15-16,21H,1,9-10,13-14H2,2-7H3/b18-15-/t16-/m1/s1. The Labute approximate surface area is 148 Å². The summed E-state index contributed by atoms with van der Waals surface area (Å²) in [5.74, 6) is 2.91. The fraction of sp³-hybridized carbons (Fsp3) is 0.600. The van der Waals surface area contributed by atoms with Gasteiger partial charge in [-0.1, -0.05) is 33.8 Å². The summed E-state index contributed by atoms with van der Waals surface area (Å²) < 4.78 is 12.4. The molecule has 1 N–H and O–H groups in total. The van der Waals surface area contributed by atoms with Gasteiger partial charge in [-0.05, 0) is 43.1 Å². The topological polar surface area (TPSA) is 42.6 Å². The van der Waals surface area contributed by atoms with Crippen LogP contribution in [0.25, 0.3) is 6.08 Å². The molecule has 0 unspecified atom stereocenters. The zero-order valence-electron chi connectivity index (χ0n) is 16.2. The molecule has 3 nitrogen and oxygen atoms in total. The minimum Gasteiger partial charge on any atom is -0.546 e. The van der Waals surface area contributed by atoms with Crippen molar-refractivity contribution in [3.8, 4) is 0 Å². The number of furan rings is 1. The van der Waals surface area contributed by atoms with E-state index >= 15 is 0 Å². The Morgan fingerprint density at radius 2 is 2.04 bits per heavy atom. The van der Waals surface area contributed by atoms with Crippen molar-refractivity contribution >= 4 is 14.4 Å². The van der Waals surface area contributed by atoms with E-state index in [0.29, 0.717) is 6.42 Å². The van der Waals surface area contributed by atoms with Gasteiger partial charge in [0.25, 0.3) is 0 Å². The van der Waals surface area contributed by atoms with E-state index in [-0.39, 0.29) is 17.6 Å². The fourth-order valence-electron chi connectivity index (χ4n) is 2.08. The average Bonchev–Trinajstić information content (AvgIpc) is 2.92. The van der Waals surface area contributed by atoms with Gasteiger partial charge in [0.15, 0.2) is 0 Å². The third-order valence-corrected chi connectivity index (χ3v) is 9.17. The molecular formula is C20H34O3Si. The van der Waals surface area contributed by atoms with Gasteiger partial charge in [-0.2, -0.15) is 0 Å². The molecule has 0 aliphatic rings. The van der Waals surface area contributed by atoms with E-state index in [1.165, 1.54) is 0 Å². The minimum absolute atomic E-state index is 0.157. The first-order valence-electron chi connectivity index (χ1n) is 8.82. The van der Waals surface area contributed by atoms with Crippen LogP contribution < -0.4 is 0 Å². The number of rotatable bonds is 9. The van der Waals surface area contributed by atoms with Crippen molar-refractivity contribution in [1.82, 2.24) is 0 Å². The molecule has 1 rings (SSSR count). The first kappa shape index (κ1) is 20.8. The molecule has 1 heterocycles. The Kier molecular flexibility index (Phi) is 7.55. The lowest BCUT2D eigenvalue weighted by Gasteiger charge is -2.37. The zero-order chi connectivity index (χ0) is 18.4. The summed E-state index contributed by atoms with van der Waals surface area (Å²) in [5, 5.41) is 9.23. The maximum absolute atomic E-state index is 9.07. The summed E-state index contributed by atoms with van der Waals surface area (Å²) in [7, 11) is -1.88. The van der Waals surface area contributed by atoms with Crippen LogP contribution in [0.15, 0.2) is 35.0 Å². The molecule has 0 spiro atoms. The normalized spacial score (nSPS) is 14.5. The van der Waals surface area contributed by atoms with E-state index < -0.39 is 8.32 Å². The van der Waals surface area contributed by atoms with Gasteiger partial charge in [0, 0.05) is 25.0 Å². The van der Waals surface area contributed by atoms with Crippen molar-refractivity contribution in [2.75, 3.05) is 6.61 Å². The minimum atomic E-state index is -1.88. The number of hydrogen-bond donors (Lipinski definition) is 1. The van der Waals surface area contributed by atoms with Crippen molar-refractivity contribution in [1.29, 1.82) is 0 Å². The van der Waals surface area contributed by atoms with Gasteiger partial charge in [0.05, 0.1) is 5.76 Å². The van der Waals surface area contributed by atoms with Gasteiger partial charge in [-0.25, -0.2) is 0 Å². The first-order chi connectivity index (χ1) is 11.1. The van der Waals surface area contributed by atoms with Crippen molar-refractivity contribution in [3.63, 3.8) is 0 Å². The summed E-state index contributed by atoms with van der Waals surface area (Å²) in [4.78, 5) is 0. The van der Waals surface area contributed by atoms with Gasteiger partial charge in [-0.3, -0.25) is 0 Å². The van der Waals surface area contributed by atoms with Crippen LogP contribution in [-0.2, 0) is 4.43 Å². The molecule has 1 aromatic rings. The van der Waals surface area contributed by atoms with Gasteiger partial charge < -0.3 is 13.9 Å². The molecule has 4 heteroatoms. The third kappa shape index (κ3) is 5.99. The Hall–Kier alpha value is -1.26. The summed E-state index contributed by atoms with van der Waals surface area (Å²) >= 11 is 0. The number of hydrogen-bond acceptors (Lipinski definition) is 3. The third-order valence-electron chi connectivity index (χ3n) is 4.79. The van der Waals surface area contributed by atoms with Crippen LogP contribution >= 0.6 is 0 Å². The molecule has 0 aliphatic heterocycles. The van der Waals surface area contributed by atoms with Gasteiger partial charge >= 0.3 is 0 Å². The first-order valence-corrected chi connectivity index (χ1v) is 11.7. The highest BCUT2D eigenvalue weighted by atomic mass is 28.4. The predicted molar refractivity (Wildman–Crippen MR) is 105 cm³/mol. The van der Waals surface area contributed by atoms with E-state index in [0.717, 1.165) is 30.1 Å². The van der Waals surface area contributed by atoms with Gasteiger partial charge in [0.1, 0.15) is 11.5 Å². The molecule has 0 aliphatic carbocycles. The molecule has 136 valence electrons. The second kappa shape index (κ2) is 8.72. The number of allylic oxidation sites excluding steroid dienone is 2. The van der Waals surface area contributed by atoms with Crippen LogP contribution in [0.4, 0.5) is 0 Å². The van der Waals surface area contributed by atoms with Crippen LogP contribution in [-0.4, -0.2) is 20.0 Å². The lowest BCUT2D eigenvalue weighted by atomic mass is 10.1. The quantitative estimate of drug-likeness (QED) is 0.333. The van der Waals surface area contributed by atoms with Crippen LogP contribution in [0.5, 0.6) is 0 Å². The van der Waals surface area contributed by atoms with E-state index in [1.54, 1.807) is 0 Å². The molecule has 0 fully saturated rings. The predicted octanol–water partition coefficient (Wildman–Crippen LogP) is 6.09. The molecule has 0 saturated carbocycles. The maximum Gasteiger partial charge on any atom is 0.250 e. The van der Waals surface area contributed by atoms with E-state index in [9.17, 15) is 0 Å². The van der Waals surface area contributed by atoms with Gasteiger partial charge in [0.2, 0.25) is 8.32 Å². The molecule has 1 atom stereocenters. The van der Waals surface area contributed by atoms with Crippen molar-refractivity contribution in [2.24, 2.45) is 0 Å². The van der Waals surface area contributed by atoms with E-state index in [4.69, 9.17) is 13.9 Å². The van der Waals surface area contributed by atoms with Crippen molar-refractivity contribution < 1.29 is 13.9 Å². The summed E-state index contributed by atoms with van der Waals surface area (Å²) in [6.45, 7) is 17.3. The van der Waals surface area contributed by atoms with E-state index in [1.807, 2.05) is 24.3 Å². The second-order valence-electron chi connectivity index (χ2n) is 7.95. The zero-order valence-corrected chi connectivity index (χ0v) is 17.2. The molecule has 0 bridgehead atoms. The lowest BCUT2D eigenvalue weighted by Crippen LogP contribution is -2.40. The monoisotopic (exact) mass is 350 g/mol. The Morgan fingerprint density at radius 1 is 1.38 bits per heavy atom. The summed E-state index contributed by atoms with van der Waals surface area (Å²) in [6.07, 6.45) is 6.35. The molecule has 24 heavy (non-hydrogen) atoms. The maximum atomic E-state index is 9.07. The molecule has 0 radical (unpaired) electrons. The van der Waals surface area contributed by atoms with E-state index in [2.05, 4.69) is 47.4 Å². The van der Waals surface area contributed by atoms with Crippen LogP contribution in [0.1, 0.15) is 64.4 Å². The Balaban J connectivity index is 2.99. The molecular weight excluding hydrogens is 316 g/mol. The SMILES string of the molecule is C=CCC/C(=C/c1ccc([C@H](C)CCO)o1)O[Si](C)(C)C(C)(C)C.